The quantitative estimate of drug-likeness (QED) is 0.413. The van der Waals surface area contributed by atoms with Gasteiger partial charge in [0.05, 0.1) is 6.42 Å². The lowest BCUT2D eigenvalue weighted by atomic mass is 10.5. The molecule has 0 aliphatic carbocycles. The molecule has 0 atom stereocenters. The SMILES string of the molecule is N#COCCC(=O)O. The molecular weight excluding hydrogens is 110 g/mol. The van der Waals surface area contributed by atoms with Gasteiger partial charge in [0.1, 0.15) is 6.61 Å². The Morgan fingerprint density at radius 3 is 2.88 bits per heavy atom. The van der Waals surface area contributed by atoms with Gasteiger partial charge in [0.25, 0.3) is 6.26 Å². The van der Waals surface area contributed by atoms with E-state index in [1.165, 1.54) is 6.26 Å². The topological polar surface area (TPSA) is 70.3 Å². The summed E-state index contributed by atoms with van der Waals surface area (Å²) >= 11 is 0. The number of rotatable bonds is 3. The molecule has 1 N–H and O–H groups in total. The highest BCUT2D eigenvalue weighted by atomic mass is 16.5. The molecule has 0 heterocycles. The Bertz CT molecular complexity index is 115. The summed E-state index contributed by atoms with van der Waals surface area (Å²) in [5.74, 6) is -0.958. The summed E-state index contributed by atoms with van der Waals surface area (Å²) in [5.41, 5.74) is 0. The molecule has 0 aliphatic heterocycles. The molecule has 8 heavy (non-hydrogen) atoms. The molecule has 0 fully saturated rings. The number of hydrogen-bond acceptors (Lipinski definition) is 3. The molecule has 44 valence electrons. The standard InChI is InChI=1S/C4H5NO3/c5-3-8-2-1-4(6)7/h1-2H2,(H,6,7). The van der Waals surface area contributed by atoms with Gasteiger partial charge in [0.2, 0.25) is 0 Å². The van der Waals surface area contributed by atoms with Crippen LogP contribution in [0.3, 0.4) is 0 Å². The lowest BCUT2D eigenvalue weighted by Gasteiger charge is -1.87. The largest absolute Gasteiger partial charge is 0.481 e. The number of aliphatic carboxylic acids is 1. The molecule has 0 saturated heterocycles. The Morgan fingerprint density at radius 1 is 1.88 bits per heavy atom. The van der Waals surface area contributed by atoms with Crippen LogP contribution in [-0.2, 0) is 9.53 Å². The van der Waals surface area contributed by atoms with E-state index in [9.17, 15) is 4.79 Å². The zero-order valence-corrected chi connectivity index (χ0v) is 4.13. The van der Waals surface area contributed by atoms with E-state index in [4.69, 9.17) is 10.4 Å². The van der Waals surface area contributed by atoms with E-state index in [-0.39, 0.29) is 13.0 Å². The first kappa shape index (κ1) is 6.76. The lowest BCUT2D eigenvalue weighted by molar-refractivity contribution is -0.137. The van der Waals surface area contributed by atoms with Gasteiger partial charge < -0.3 is 9.84 Å². The molecular formula is C4H5NO3. The Balaban J connectivity index is 2.97. The average molecular weight is 115 g/mol. The van der Waals surface area contributed by atoms with E-state index in [1.54, 1.807) is 0 Å². The summed E-state index contributed by atoms with van der Waals surface area (Å²) in [6.07, 6.45) is 1.24. The van der Waals surface area contributed by atoms with Gasteiger partial charge in [-0.05, 0) is 0 Å². The van der Waals surface area contributed by atoms with Crippen LogP contribution in [-0.4, -0.2) is 17.7 Å². The molecule has 0 radical (unpaired) electrons. The summed E-state index contributed by atoms with van der Waals surface area (Å²) in [7, 11) is 0. The van der Waals surface area contributed by atoms with Crippen LogP contribution in [0.2, 0.25) is 0 Å². The van der Waals surface area contributed by atoms with Crippen molar-refractivity contribution >= 4 is 5.97 Å². The minimum Gasteiger partial charge on any atom is -0.481 e. The molecule has 0 rings (SSSR count). The third-order valence-corrected chi connectivity index (χ3v) is 0.483. The number of ether oxygens (including phenoxy) is 1. The van der Waals surface area contributed by atoms with E-state index in [1.807, 2.05) is 0 Å². The third-order valence-electron chi connectivity index (χ3n) is 0.483. The van der Waals surface area contributed by atoms with E-state index < -0.39 is 5.97 Å². The van der Waals surface area contributed by atoms with Crippen molar-refractivity contribution in [3.8, 4) is 6.26 Å². The van der Waals surface area contributed by atoms with Gasteiger partial charge in [0, 0.05) is 0 Å². The number of carbonyl (C=O) groups is 1. The molecule has 0 amide bonds. The number of carboxylic acids is 1. The van der Waals surface area contributed by atoms with Crippen LogP contribution in [0.4, 0.5) is 0 Å². The molecule has 4 heteroatoms. The summed E-state index contributed by atoms with van der Waals surface area (Å²) in [6.45, 7) is -0.0359. The van der Waals surface area contributed by atoms with Gasteiger partial charge >= 0.3 is 5.97 Å². The minimum atomic E-state index is -0.958. The van der Waals surface area contributed by atoms with Crippen LogP contribution in [0.5, 0.6) is 0 Å². The van der Waals surface area contributed by atoms with E-state index >= 15 is 0 Å². The van der Waals surface area contributed by atoms with Gasteiger partial charge in [-0.25, -0.2) is 0 Å². The first-order valence-corrected chi connectivity index (χ1v) is 2.00. The van der Waals surface area contributed by atoms with Crippen molar-refractivity contribution in [2.45, 2.75) is 6.42 Å². The van der Waals surface area contributed by atoms with Gasteiger partial charge in [0.15, 0.2) is 0 Å². The Hall–Kier alpha value is -1.24. The molecule has 0 saturated carbocycles. The minimum absolute atomic E-state index is 0.0359. The smallest absolute Gasteiger partial charge is 0.306 e. The summed E-state index contributed by atoms with van der Waals surface area (Å²) in [5, 5.41) is 15.7. The van der Waals surface area contributed by atoms with Crippen LogP contribution in [0, 0.1) is 11.5 Å². The monoisotopic (exact) mass is 115 g/mol. The number of carboxylic acid groups (broad SMARTS) is 1. The maximum atomic E-state index is 9.68. The van der Waals surface area contributed by atoms with Gasteiger partial charge in [-0.3, -0.25) is 4.79 Å². The maximum Gasteiger partial charge on any atom is 0.306 e. The van der Waals surface area contributed by atoms with Crippen LogP contribution < -0.4 is 0 Å². The normalized spacial score (nSPS) is 7.38. The molecule has 0 spiro atoms. The predicted molar refractivity (Wildman–Crippen MR) is 23.8 cm³/mol. The molecule has 0 aromatic carbocycles. The highest BCUT2D eigenvalue weighted by Crippen LogP contribution is 1.78. The van der Waals surface area contributed by atoms with Crippen molar-refractivity contribution in [2.24, 2.45) is 0 Å². The van der Waals surface area contributed by atoms with Gasteiger partial charge in [-0.15, -0.1) is 0 Å². The Labute approximate surface area is 46.3 Å². The van der Waals surface area contributed by atoms with Crippen molar-refractivity contribution in [3.05, 3.63) is 0 Å². The molecule has 0 unspecified atom stereocenters. The second-order valence-corrected chi connectivity index (χ2v) is 1.08. The number of nitriles is 1. The average Bonchev–Trinajstić information content (AvgIpc) is 1.66. The first-order chi connectivity index (χ1) is 3.77. The predicted octanol–water partition coefficient (Wildman–Crippen LogP) is -0.0412. The fourth-order valence-corrected chi connectivity index (χ4v) is 0.184. The molecule has 0 aliphatic rings. The number of hydrogen-bond donors (Lipinski definition) is 1. The van der Waals surface area contributed by atoms with Crippen molar-refractivity contribution in [1.29, 1.82) is 5.26 Å². The van der Waals surface area contributed by atoms with E-state index in [0.717, 1.165) is 0 Å². The highest BCUT2D eigenvalue weighted by Gasteiger charge is 1.93. The second kappa shape index (κ2) is 3.93. The van der Waals surface area contributed by atoms with Crippen LogP contribution >= 0.6 is 0 Å². The second-order valence-electron chi connectivity index (χ2n) is 1.08. The van der Waals surface area contributed by atoms with Crippen LogP contribution in [0.15, 0.2) is 0 Å². The summed E-state index contributed by atoms with van der Waals surface area (Å²) in [4.78, 5) is 9.68. The van der Waals surface area contributed by atoms with Crippen LogP contribution in [0.1, 0.15) is 6.42 Å². The molecule has 0 aromatic heterocycles. The summed E-state index contributed by atoms with van der Waals surface area (Å²) < 4.78 is 4.07. The van der Waals surface area contributed by atoms with Crippen molar-refractivity contribution < 1.29 is 14.6 Å². The third kappa shape index (κ3) is 4.76. The molecule has 4 nitrogen and oxygen atoms in total. The summed E-state index contributed by atoms with van der Waals surface area (Å²) in [6, 6.07) is 0. The highest BCUT2D eigenvalue weighted by molar-refractivity contribution is 5.66. The fourth-order valence-electron chi connectivity index (χ4n) is 0.184. The zero-order chi connectivity index (χ0) is 6.41. The van der Waals surface area contributed by atoms with Gasteiger partial charge in [-0.2, -0.15) is 5.26 Å². The number of nitrogens with zero attached hydrogens (tertiary/aromatic N) is 1. The Kier molecular flexibility index (Phi) is 3.32. The van der Waals surface area contributed by atoms with E-state index in [0.29, 0.717) is 0 Å². The fraction of sp³-hybridized carbons (Fsp3) is 0.500. The maximum absolute atomic E-state index is 9.68. The molecule has 0 aromatic rings. The van der Waals surface area contributed by atoms with Crippen molar-refractivity contribution in [1.82, 2.24) is 0 Å². The van der Waals surface area contributed by atoms with E-state index in [2.05, 4.69) is 4.74 Å². The van der Waals surface area contributed by atoms with Crippen molar-refractivity contribution in [3.63, 3.8) is 0 Å². The first-order valence-electron chi connectivity index (χ1n) is 2.00. The zero-order valence-electron chi connectivity index (χ0n) is 4.13. The lowest BCUT2D eigenvalue weighted by Crippen LogP contribution is -1.99. The van der Waals surface area contributed by atoms with Crippen LogP contribution in [0.25, 0.3) is 0 Å². The van der Waals surface area contributed by atoms with Crippen molar-refractivity contribution in [2.75, 3.05) is 6.61 Å². The Morgan fingerprint density at radius 2 is 2.50 bits per heavy atom. The van der Waals surface area contributed by atoms with Gasteiger partial charge in [-0.1, -0.05) is 0 Å². The molecule has 0 bridgehead atoms.